The predicted molar refractivity (Wildman–Crippen MR) is 154 cm³/mol. The number of hydrogen-bond acceptors (Lipinski definition) is 6. The van der Waals surface area contributed by atoms with Gasteiger partial charge in [0.15, 0.2) is 0 Å². The molecule has 0 radical (unpaired) electrons. The normalized spacial score (nSPS) is 12.6. The van der Waals surface area contributed by atoms with E-state index in [0.29, 0.717) is 23.0 Å². The topological polar surface area (TPSA) is 118 Å². The molecular weight excluding hydrogens is 528 g/mol. The van der Waals surface area contributed by atoms with E-state index in [9.17, 15) is 18.0 Å². The van der Waals surface area contributed by atoms with Crippen LogP contribution < -0.4 is 15.1 Å². The average Bonchev–Trinajstić information content (AvgIpc) is 3.31. The molecule has 2 aromatic heterocycles. The van der Waals surface area contributed by atoms with Crippen molar-refractivity contribution in [3.05, 3.63) is 106 Å². The van der Waals surface area contributed by atoms with Crippen molar-refractivity contribution in [3.63, 3.8) is 0 Å². The molecule has 2 heterocycles. The Labute approximate surface area is 232 Å². The van der Waals surface area contributed by atoms with Crippen LogP contribution in [0.4, 0.5) is 0 Å². The summed E-state index contributed by atoms with van der Waals surface area (Å²) in [7, 11) is -4.06. The highest BCUT2D eigenvalue weighted by atomic mass is 32.2. The van der Waals surface area contributed by atoms with Crippen LogP contribution in [-0.2, 0) is 27.7 Å². The standard InChI is InChI=1S/C31H30N2O6S/c1-4-7-21-17-29(34)38-27-14-20(3)15-28(30(21)27)39-31(35)26(16-22-18-32-25-9-6-5-8-24(22)25)33-40(36,37)23-12-10-19(2)11-13-23/h5-6,8-15,17-18,26,32-33H,4,7,16H2,1-3H3/t26-/m0/s1. The Morgan fingerprint density at radius 3 is 2.50 bits per heavy atom. The zero-order chi connectivity index (χ0) is 28.4. The number of para-hydroxylation sites is 1. The van der Waals surface area contributed by atoms with Crippen LogP contribution in [0.25, 0.3) is 21.9 Å². The molecule has 0 saturated heterocycles. The van der Waals surface area contributed by atoms with Crippen molar-refractivity contribution < 1.29 is 22.4 Å². The van der Waals surface area contributed by atoms with E-state index in [1.807, 2.05) is 38.1 Å². The molecule has 0 aliphatic rings. The maximum absolute atomic E-state index is 13.8. The van der Waals surface area contributed by atoms with Gasteiger partial charge >= 0.3 is 11.6 Å². The summed E-state index contributed by atoms with van der Waals surface area (Å²) in [6, 6.07) is 17.6. The molecule has 0 aliphatic heterocycles. The number of esters is 1. The first-order valence-corrected chi connectivity index (χ1v) is 14.6. The van der Waals surface area contributed by atoms with Gasteiger partial charge in [-0.1, -0.05) is 49.2 Å². The molecule has 1 atom stereocenters. The summed E-state index contributed by atoms with van der Waals surface area (Å²) in [4.78, 5) is 29.2. The van der Waals surface area contributed by atoms with Crippen molar-refractivity contribution in [2.75, 3.05) is 0 Å². The molecular formula is C31H30N2O6S. The number of rotatable bonds is 9. The van der Waals surface area contributed by atoms with Gasteiger partial charge in [0.1, 0.15) is 17.4 Å². The molecule has 0 bridgehead atoms. The second kappa shape index (κ2) is 11.1. The number of aryl methyl sites for hydroxylation is 3. The molecule has 5 rings (SSSR count). The Kier molecular flexibility index (Phi) is 7.60. The molecule has 40 heavy (non-hydrogen) atoms. The van der Waals surface area contributed by atoms with Crippen LogP contribution >= 0.6 is 0 Å². The maximum atomic E-state index is 13.8. The van der Waals surface area contributed by atoms with E-state index in [0.717, 1.165) is 34.0 Å². The van der Waals surface area contributed by atoms with Gasteiger partial charge in [0.05, 0.1) is 10.3 Å². The second-order valence-electron chi connectivity index (χ2n) is 9.95. The molecule has 0 fully saturated rings. The van der Waals surface area contributed by atoms with Crippen molar-refractivity contribution in [2.45, 2.75) is 51.0 Å². The third kappa shape index (κ3) is 5.71. The van der Waals surface area contributed by atoms with Crippen molar-refractivity contribution in [1.29, 1.82) is 0 Å². The Morgan fingerprint density at radius 1 is 1.00 bits per heavy atom. The molecule has 0 amide bonds. The Bertz CT molecular complexity index is 1870. The van der Waals surface area contributed by atoms with Crippen LogP contribution in [0.2, 0.25) is 0 Å². The lowest BCUT2D eigenvalue weighted by atomic mass is 10.0. The first kappa shape index (κ1) is 27.4. The quantitative estimate of drug-likeness (QED) is 0.143. The largest absolute Gasteiger partial charge is 0.425 e. The lowest BCUT2D eigenvalue weighted by Crippen LogP contribution is -2.44. The number of nitrogens with one attached hydrogen (secondary N) is 2. The van der Waals surface area contributed by atoms with E-state index >= 15 is 0 Å². The summed E-state index contributed by atoms with van der Waals surface area (Å²) in [6.07, 6.45) is 3.16. The number of hydrogen-bond donors (Lipinski definition) is 2. The fourth-order valence-corrected chi connectivity index (χ4v) is 6.05. The number of aromatic amines is 1. The highest BCUT2D eigenvalue weighted by molar-refractivity contribution is 7.89. The molecule has 0 spiro atoms. The minimum absolute atomic E-state index is 0.0443. The Balaban J connectivity index is 1.55. The van der Waals surface area contributed by atoms with E-state index < -0.39 is 27.7 Å². The summed E-state index contributed by atoms with van der Waals surface area (Å²) < 4.78 is 40.7. The van der Waals surface area contributed by atoms with Crippen molar-refractivity contribution in [2.24, 2.45) is 0 Å². The smallest absolute Gasteiger partial charge is 0.336 e. The minimum Gasteiger partial charge on any atom is -0.425 e. The molecule has 5 aromatic rings. The predicted octanol–water partition coefficient (Wildman–Crippen LogP) is 5.34. The van der Waals surface area contributed by atoms with Gasteiger partial charge in [0.2, 0.25) is 10.0 Å². The average molecular weight is 559 g/mol. The summed E-state index contributed by atoms with van der Waals surface area (Å²) in [5, 5.41) is 1.40. The highest BCUT2D eigenvalue weighted by Crippen LogP contribution is 2.31. The van der Waals surface area contributed by atoms with Gasteiger partial charge in [-0.05, 0) is 67.3 Å². The van der Waals surface area contributed by atoms with Gasteiger partial charge in [-0.3, -0.25) is 0 Å². The van der Waals surface area contributed by atoms with Gasteiger partial charge in [-0.15, -0.1) is 0 Å². The molecule has 0 unspecified atom stereocenters. The molecule has 9 heteroatoms. The summed E-state index contributed by atoms with van der Waals surface area (Å²) in [6.45, 7) is 5.65. The Morgan fingerprint density at radius 2 is 1.75 bits per heavy atom. The van der Waals surface area contributed by atoms with Gasteiger partial charge < -0.3 is 14.1 Å². The van der Waals surface area contributed by atoms with E-state index in [1.165, 1.54) is 18.2 Å². The first-order valence-electron chi connectivity index (χ1n) is 13.1. The summed E-state index contributed by atoms with van der Waals surface area (Å²) >= 11 is 0. The number of carbonyl (C=O) groups excluding carboxylic acids is 1. The van der Waals surface area contributed by atoms with Crippen LogP contribution in [0.1, 0.15) is 35.6 Å². The maximum Gasteiger partial charge on any atom is 0.336 e. The molecule has 0 saturated carbocycles. The van der Waals surface area contributed by atoms with Gasteiger partial charge in [-0.2, -0.15) is 4.72 Å². The lowest BCUT2D eigenvalue weighted by Gasteiger charge is -2.19. The minimum atomic E-state index is -4.06. The molecule has 8 nitrogen and oxygen atoms in total. The number of sulfonamides is 1. The van der Waals surface area contributed by atoms with E-state index in [4.69, 9.17) is 9.15 Å². The summed E-state index contributed by atoms with van der Waals surface area (Å²) in [5.41, 5.74) is 3.79. The van der Waals surface area contributed by atoms with Gasteiger partial charge in [0.25, 0.3) is 0 Å². The fraction of sp³-hybridized carbons (Fsp3) is 0.226. The van der Waals surface area contributed by atoms with Crippen LogP contribution in [0.15, 0.2) is 87.0 Å². The van der Waals surface area contributed by atoms with Gasteiger partial charge in [0, 0.05) is 29.6 Å². The Hall–Kier alpha value is -4.21. The number of fused-ring (bicyclic) bond motifs is 2. The van der Waals surface area contributed by atoms with Crippen LogP contribution in [0.5, 0.6) is 5.75 Å². The molecule has 2 N–H and O–H groups in total. The fourth-order valence-electron chi connectivity index (χ4n) is 4.86. The zero-order valence-corrected chi connectivity index (χ0v) is 23.3. The second-order valence-corrected chi connectivity index (χ2v) is 11.7. The van der Waals surface area contributed by atoms with Crippen LogP contribution in [-0.4, -0.2) is 25.4 Å². The van der Waals surface area contributed by atoms with E-state index in [1.54, 1.807) is 37.4 Å². The van der Waals surface area contributed by atoms with Crippen LogP contribution in [0.3, 0.4) is 0 Å². The third-order valence-corrected chi connectivity index (χ3v) is 8.26. The first-order chi connectivity index (χ1) is 19.1. The summed E-state index contributed by atoms with van der Waals surface area (Å²) in [5.74, 6) is -0.563. The number of aromatic nitrogens is 1. The zero-order valence-electron chi connectivity index (χ0n) is 22.5. The van der Waals surface area contributed by atoms with Crippen molar-refractivity contribution >= 4 is 37.9 Å². The number of H-pyrrole nitrogens is 1. The monoisotopic (exact) mass is 558 g/mol. The van der Waals surface area contributed by atoms with Crippen molar-refractivity contribution in [1.82, 2.24) is 9.71 Å². The SMILES string of the molecule is CCCc1cc(=O)oc2cc(C)cc(OC(=O)[C@H](Cc3c[nH]c4ccccc34)NS(=O)(=O)c3ccc(C)cc3)c12. The van der Waals surface area contributed by atoms with Gasteiger partial charge in [-0.25, -0.2) is 18.0 Å². The van der Waals surface area contributed by atoms with Crippen LogP contribution in [0, 0.1) is 13.8 Å². The number of benzene rings is 3. The highest BCUT2D eigenvalue weighted by Gasteiger charge is 2.29. The van der Waals surface area contributed by atoms with E-state index in [-0.39, 0.29) is 17.1 Å². The lowest BCUT2D eigenvalue weighted by molar-refractivity contribution is -0.136. The third-order valence-electron chi connectivity index (χ3n) is 6.78. The molecule has 0 aliphatic carbocycles. The number of ether oxygens (including phenoxy) is 1. The molecule has 206 valence electrons. The van der Waals surface area contributed by atoms with Crippen molar-refractivity contribution in [3.8, 4) is 5.75 Å². The molecule has 3 aromatic carbocycles. The van der Waals surface area contributed by atoms with E-state index in [2.05, 4.69) is 9.71 Å². The number of carbonyl (C=O) groups is 1.